The molecule has 28 heavy (non-hydrogen) atoms. The Morgan fingerprint density at radius 1 is 1.29 bits per heavy atom. The van der Waals surface area contributed by atoms with Gasteiger partial charge in [-0.1, -0.05) is 30.3 Å². The molecule has 1 heterocycles. The predicted molar refractivity (Wildman–Crippen MR) is 106 cm³/mol. The molecule has 0 saturated carbocycles. The van der Waals surface area contributed by atoms with Gasteiger partial charge in [0, 0.05) is 16.7 Å². The average molecular weight is 376 g/mol. The van der Waals surface area contributed by atoms with Crippen LogP contribution in [0.3, 0.4) is 0 Å². The van der Waals surface area contributed by atoms with Crippen LogP contribution in [0.15, 0.2) is 47.6 Å². The maximum atomic E-state index is 12.6. The predicted octanol–water partition coefficient (Wildman–Crippen LogP) is 3.04. The van der Waals surface area contributed by atoms with E-state index >= 15 is 0 Å². The van der Waals surface area contributed by atoms with Crippen LogP contribution in [0.25, 0.3) is 11.3 Å². The van der Waals surface area contributed by atoms with E-state index in [1.54, 1.807) is 18.2 Å². The van der Waals surface area contributed by atoms with Crippen LogP contribution in [0.5, 0.6) is 11.5 Å². The molecule has 142 valence electrons. The van der Waals surface area contributed by atoms with Crippen LogP contribution in [-0.4, -0.2) is 34.0 Å². The lowest BCUT2D eigenvalue weighted by Gasteiger charge is -2.15. The number of fused-ring (bicyclic) bond motifs is 3. The largest absolute Gasteiger partial charge is 0.504 e. The fraction of sp³-hybridized carbons (Fsp3) is 0.190. The van der Waals surface area contributed by atoms with Crippen LogP contribution in [-0.2, 0) is 12.8 Å². The van der Waals surface area contributed by atoms with Crippen LogP contribution in [0, 0.1) is 0 Å². The second-order valence-electron chi connectivity index (χ2n) is 6.41. The average Bonchev–Trinajstić information content (AvgIpc) is 3.15. The molecule has 0 atom stereocenters. The quantitative estimate of drug-likeness (QED) is 0.471. The summed E-state index contributed by atoms with van der Waals surface area (Å²) in [4.78, 5) is 12.6. The Bertz CT molecular complexity index is 1060. The number of hydrazone groups is 1. The molecule has 2 aromatic carbocycles. The first-order valence-corrected chi connectivity index (χ1v) is 9.12. The number of rotatable bonds is 5. The molecule has 0 spiro atoms. The lowest BCUT2D eigenvalue weighted by atomic mass is 9.89. The van der Waals surface area contributed by atoms with Crippen molar-refractivity contribution >= 4 is 12.1 Å². The molecule has 1 aliphatic carbocycles. The summed E-state index contributed by atoms with van der Waals surface area (Å²) < 4.78 is 5.34. The zero-order valence-corrected chi connectivity index (χ0v) is 15.4. The lowest BCUT2D eigenvalue weighted by molar-refractivity contribution is 0.0949. The van der Waals surface area contributed by atoms with E-state index < -0.39 is 0 Å². The number of para-hydroxylation sites is 1. The Hall–Kier alpha value is -3.61. The van der Waals surface area contributed by atoms with Crippen molar-refractivity contribution in [1.82, 2.24) is 15.6 Å². The van der Waals surface area contributed by atoms with E-state index in [1.807, 2.05) is 25.1 Å². The second kappa shape index (κ2) is 7.56. The summed E-state index contributed by atoms with van der Waals surface area (Å²) in [7, 11) is 0. The number of aromatic amines is 1. The van der Waals surface area contributed by atoms with Crippen molar-refractivity contribution in [3.8, 4) is 22.8 Å². The number of phenols is 1. The van der Waals surface area contributed by atoms with Crippen LogP contribution in [0.1, 0.15) is 34.1 Å². The molecule has 1 aromatic heterocycles. The normalized spacial score (nSPS) is 12.5. The zero-order valence-electron chi connectivity index (χ0n) is 15.4. The number of hydrogen-bond donors (Lipinski definition) is 3. The third kappa shape index (κ3) is 3.22. The first-order valence-electron chi connectivity index (χ1n) is 9.12. The highest BCUT2D eigenvalue weighted by molar-refractivity contribution is 5.96. The fourth-order valence-corrected chi connectivity index (χ4v) is 3.38. The van der Waals surface area contributed by atoms with Crippen molar-refractivity contribution in [2.24, 2.45) is 5.10 Å². The second-order valence-corrected chi connectivity index (χ2v) is 6.41. The van der Waals surface area contributed by atoms with Gasteiger partial charge in [0.15, 0.2) is 11.5 Å². The highest BCUT2D eigenvalue weighted by Gasteiger charge is 2.24. The number of carbonyl (C=O) groups is 1. The number of aryl methyl sites for hydroxylation is 1. The van der Waals surface area contributed by atoms with E-state index in [2.05, 4.69) is 26.8 Å². The number of benzene rings is 2. The summed E-state index contributed by atoms with van der Waals surface area (Å²) in [5.41, 5.74) is 7.36. The summed E-state index contributed by atoms with van der Waals surface area (Å²) in [5.74, 6) is -0.0122. The third-order valence-corrected chi connectivity index (χ3v) is 4.71. The molecule has 3 N–H and O–H groups in total. The Balaban J connectivity index is 1.51. The monoisotopic (exact) mass is 376 g/mol. The zero-order chi connectivity index (χ0) is 19.5. The molecule has 1 amide bonds. The Labute approximate surface area is 162 Å². The van der Waals surface area contributed by atoms with E-state index in [4.69, 9.17) is 4.74 Å². The number of ether oxygens (including phenoxy) is 1. The number of nitrogens with zero attached hydrogens (tertiary/aromatic N) is 2. The molecule has 0 unspecified atom stereocenters. The van der Waals surface area contributed by atoms with Crippen LogP contribution in [0.2, 0.25) is 0 Å². The number of amides is 1. The number of aromatic nitrogens is 2. The molecule has 4 rings (SSSR count). The van der Waals surface area contributed by atoms with Gasteiger partial charge in [0.05, 0.1) is 18.5 Å². The first kappa shape index (κ1) is 17.8. The van der Waals surface area contributed by atoms with Gasteiger partial charge < -0.3 is 9.84 Å². The molecule has 1 aliphatic rings. The van der Waals surface area contributed by atoms with Crippen LogP contribution >= 0.6 is 0 Å². The summed E-state index contributed by atoms with van der Waals surface area (Å²) >= 11 is 0. The first-order chi connectivity index (χ1) is 13.7. The maximum absolute atomic E-state index is 12.6. The number of carbonyl (C=O) groups excluding carboxylic acids is 1. The van der Waals surface area contributed by atoms with Gasteiger partial charge in [0.1, 0.15) is 5.69 Å². The number of H-pyrrole nitrogens is 1. The molecule has 3 aromatic rings. The van der Waals surface area contributed by atoms with Gasteiger partial charge in [0.25, 0.3) is 5.91 Å². The van der Waals surface area contributed by atoms with Gasteiger partial charge in [0.2, 0.25) is 0 Å². The topological polar surface area (TPSA) is 99.6 Å². The molecular formula is C21H20N4O3. The number of nitrogens with one attached hydrogen (secondary N) is 2. The summed E-state index contributed by atoms with van der Waals surface area (Å²) in [6, 6.07) is 13.2. The van der Waals surface area contributed by atoms with Gasteiger partial charge in [-0.2, -0.15) is 10.2 Å². The van der Waals surface area contributed by atoms with Crippen LogP contribution < -0.4 is 10.2 Å². The summed E-state index contributed by atoms with van der Waals surface area (Å²) in [5, 5.41) is 21.3. The van der Waals surface area contributed by atoms with Crippen LogP contribution in [0.4, 0.5) is 0 Å². The standard InChI is InChI=1S/C21H20N4O3/c1-2-28-17-9-5-7-14(20(17)26)12-22-25-21(27)19-16-11-10-13-6-3-4-8-15(13)18(16)23-24-19/h3-9,12,26H,2,10-11H2,1H3,(H,23,24)(H,25,27). The van der Waals surface area contributed by atoms with E-state index in [0.29, 0.717) is 23.6 Å². The van der Waals surface area contributed by atoms with E-state index in [1.165, 1.54) is 11.8 Å². The van der Waals surface area contributed by atoms with Gasteiger partial charge >= 0.3 is 0 Å². The van der Waals surface area contributed by atoms with Gasteiger partial charge in [-0.15, -0.1) is 0 Å². The SMILES string of the molecule is CCOc1cccc(C=NNC(=O)c2[nH]nc3c2CCc2ccccc2-3)c1O. The fourth-order valence-electron chi connectivity index (χ4n) is 3.38. The molecule has 0 bridgehead atoms. The Morgan fingerprint density at radius 3 is 3.00 bits per heavy atom. The molecule has 7 heteroatoms. The Morgan fingerprint density at radius 2 is 2.14 bits per heavy atom. The summed E-state index contributed by atoms with van der Waals surface area (Å²) in [6.45, 7) is 2.28. The highest BCUT2D eigenvalue weighted by Crippen LogP contribution is 2.33. The molecule has 0 aliphatic heterocycles. The third-order valence-electron chi connectivity index (χ3n) is 4.71. The van der Waals surface area contributed by atoms with Gasteiger partial charge in [-0.25, -0.2) is 5.43 Å². The number of hydrogen-bond acceptors (Lipinski definition) is 5. The minimum absolute atomic E-state index is 0.0159. The minimum Gasteiger partial charge on any atom is -0.504 e. The van der Waals surface area contributed by atoms with Crippen molar-refractivity contribution in [3.05, 3.63) is 64.8 Å². The van der Waals surface area contributed by atoms with Crippen molar-refractivity contribution in [2.45, 2.75) is 19.8 Å². The highest BCUT2D eigenvalue weighted by atomic mass is 16.5. The van der Waals surface area contributed by atoms with Crippen molar-refractivity contribution < 1.29 is 14.6 Å². The molecular weight excluding hydrogens is 356 g/mol. The van der Waals surface area contributed by atoms with E-state index in [0.717, 1.165) is 29.7 Å². The number of phenolic OH excluding ortho intramolecular Hbond substituents is 1. The van der Waals surface area contributed by atoms with Crippen molar-refractivity contribution in [1.29, 1.82) is 0 Å². The molecule has 0 fully saturated rings. The molecule has 7 nitrogen and oxygen atoms in total. The van der Waals surface area contributed by atoms with E-state index in [-0.39, 0.29) is 11.7 Å². The van der Waals surface area contributed by atoms with Crippen molar-refractivity contribution in [3.63, 3.8) is 0 Å². The minimum atomic E-state index is -0.371. The Kier molecular flexibility index (Phi) is 4.80. The number of aromatic hydroxyl groups is 1. The smallest absolute Gasteiger partial charge is 0.289 e. The molecule has 0 radical (unpaired) electrons. The summed E-state index contributed by atoms with van der Waals surface area (Å²) in [6.07, 6.45) is 2.99. The molecule has 0 saturated heterocycles. The van der Waals surface area contributed by atoms with Gasteiger partial charge in [-0.05, 0) is 37.5 Å². The maximum Gasteiger partial charge on any atom is 0.289 e. The van der Waals surface area contributed by atoms with E-state index in [9.17, 15) is 9.90 Å². The lowest BCUT2D eigenvalue weighted by Crippen LogP contribution is -2.20. The van der Waals surface area contributed by atoms with Gasteiger partial charge in [-0.3, -0.25) is 9.89 Å². The van der Waals surface area contributed by atoms with Crippen molar-refractivity contribution in [2.75, 3.05) is 6.61 Å².